The molecule has 3 heteroatoms. The van der Waals surface area contributed by atoms with Gasteiger partial charge < -0.3 is 4.74 Å². The number of carbonyl (C=O) groups is 1. The van der Waals surface area contributed by atoms with Crippen LogP contribution >= 0.6 is 0 Å². The van der Waals surface area contributed by atoms with E-state index in [2.05, 4.69) is 45.9 Å². The monoisotopic (exact) mass is 277 g/mol. The summed E-state index contributed by atoms with van der Waals surface area (Å²) in [5.41, 5.74) is 3.93. The average molecular weight is 277 g/mol. The number of carbonyl (C=O) groups excluding carboxylic acids is 1. The highest BCUT2D eigenvalue weighted by Crippen LogP contribution is 2.26. The van der Waals surface area contributed by atoms with E-state index in [-0.39, 0.29) is 17.4 Å². The van der Waals surface area contributed by atoms with Crippen molar-refractivity contribution in [2.45, 2.75) is 45.6 Å². The Hall–Kier alpha value is -1.35. The maximum atomic E-state index is 11.8. The Morgan fingerprint density at radius 1 is 1.30 bits per heavy atom. The van der Waals surface area contributed by atoms with Gasteiger partial charge in [-0.05, 0) is 49.5 Å². The summed E-state index contributed by atoms with van der Waals surface area (Å²) in [4.78, 5) is 13.7. The molecule has 3 nitrogen and oxygen atoms in total. The minimum absolute atomic E-state index is 0.145. The van der Waals surface area contributed by atoms with Crippen LogP contribution in [0, 0.1) is 6.92 Å². The van der Waals surface area contributed by atoms with E-state index in [1.807, 2.05) is 19.0 Å². The number of likely N-dealkylation sites (N-methyl/N-ethyl adjacent to an activating group) is 1. The normalized spacial score (nSPS) is 13.4. The van der Waals surface area contributed by atoms with Crippen LogP contribution in [0.2, 0.25) is 0 Å². The van der Waals surface area contributed by atoms with Crippen LogP contribution in [0.5, 0.6) is 0 Å². The fourth-order valence-electron chi connectivity index (χ4n) is 2.53. The number of hydrogen-bond acceptors (Lipinski definition) is 3. The van der Waals surface area contributed by atoms with Gasteiger partial charge in [-0.15, -0.1) is 0 Å². The first kappa shape index (κ1) is 16.7. The molecule has 0 fully saturated rings. The molecule has 0 radical (unpaired) electrons. The molecule has 1 atom stereocenters. The molecule has 1 rings (SSSR count). The number of nitrogens with zero attached hydrogens (tertiary/aromatic N) is 1. The van der Waals surface area contributed by atoms with Crippen molar-refractivity contribution in [3.63, 3.8) is 0 Å². The van der Waals surface area contributed by atoms with E-state index in [0.717, 1.165) is 0 Å². The van der Waals surface area contributed by atoms with E-state index < -0.39 is 0 Å². The Bertz CT molecular complexity index is 472. The quantitative estimate of drug-likeness (QED) is 0.793. The van der Waals surface area contributed by atoms with Crippen LogP contribution in [0.4, 0.5) is 0 Å². The Balaban J connectivity index is 2.99. The van der Waals surface area contributed by atoms with Crippen molar-refractivity contribution in [1.29, 1.82) is 0 Å². The summed E-state index contributed by atoms with van der Waals surface area (Å²) in [7, 11) is 5.24. The first-order valence-corrected chi connectivity index (χ1v) is 7.01. The zero-order valence-corrected chi connectivity index (χ0v) is 13.8. The van der Waals surface area contributed by atoms with Crippen molar-refractivity contribution in [2.24, 2.45) is 0 Å². The van der Waals surface area contributed by atoms with Gasteiger partial charge in [-0.3, -0.25) is 9.69 Å². The molecule has 1 aromatic carbocycles. The van der Waals surface area contributed by atoms with Crippen molar-refractivity contribution in [3.05, 3.63) is 34.9 Å². The Morgan fingerprint density at radius 2 is 1.90 bits per heavy atom. The predicted molar refractivity (Wildman–Crippen MR) is 83.1 cm³/mol. The lowest BCUT2D eigenvalue weighted by molar-refractivity contribution is -0.145. The van der Waals surface area contributed by atoms with Crippen molar-refractivity contribution in [2.75, 3.05) is 21.2 Å². The van der Waals surface area contributed by atoms with Gasteiger partial charge in [0.15, 0.2) is 0 Å². The van der Waals surface area contributed by atoms with Gasteiger partial charge in [0, 0.05) is 0 Å². The Kier molecular flexibility index (Phi) is 5.35. The molecule has 0 aliphatic rings. The van der Waals surface area contributed by atoms with Crippen LogP contribution in [0.25, 0.3) is 0 Å². The van der Waals surface area contributed by atoms with Crippen molar-refractivity contribution < 1.29 is 9.53 Å². The molecule has 1 unspecified atom stereocenters. The molecule has 0 N–H and O–H groups in total. The smallest absolute Gasteiger partial charge is 0.323 e. The third kappa shape index (κ3) is 4.07. The van der Waals surface area contributed by atoms with E-state index >= 15 is 0 Å². The average Bonchev–Trinajstić information content (AvgIpc) is 2.33. The largest absolute Gasteiger partial charge is 0.468 e. The number of rotatable bonds is 4. The number of benzene rings is 1. The van der Waals surface area contributed by atoms with Crippen LogP contribution in [-0.4, -0.2) is 38.1 Å². The van der Waals surface area contributed by atoms with Gasteiger partial charge in [0.1, 0.15) is 6.04 Å². The molecule has 0 aliphatic heterocycles. The summed E-state index contributed by atoms with van der Waals surface area (Å²) in [6.45, 7) is 8.77. The number of ether oxygens (including phenoxy) is 1. The summed E-state index contributed by atoms with van der Waals surface area (Å²) in [5.74, 6) is -0.187. The van der Waals surface area contributed by atoms with Gasteiger partial charge in [0.2, 0.25) is 0 Å². The molecule has 20 heavy (non-hydrogen) atoms. The Morgan fingerprint density at radius 3 is 2.30 bits per heavy atom. The van der Waals surface area contributed by atoms with Gasteiger partial charge in [0.25, 0.3) is 0 Å². The zero-order valence-electron chi connectivity index (χ0n) is 13.8. The van der Waals surface area contributed by atoms with E-state index in [0.29, 0.717) is 6.42 Å². The summed E-state index contributed by atoms with van der Waals surface area (Å²) in [6, 6.07) is 6.24. The molecule has 0 aliphatic carbocycles. The number of hydrogen-bond donors (Lipinski definition) is 0. The summed E-state index contributed by atoms with van der Waals surface area (Å²) < 4.78 is 4.87. The molecule has 112 valence electrons. The Labute approximate surface area is 122 Å². The predicted octanol–water partition coefficient (Wildman–Crippen LogP) is 2.94. The van der Waals surface area contributed by atoms with Gasteiger partial charge in [-0.1, -0.05) is 39.0 Å². The van der Waals surface area contributed by atoms with E-state index in [1.165, 1.54) is 23.8 Å². The van der Waals surface area contributed by atoms with Gasteiger partial charge in [0.05, 0.1) is 7.11 Å². The first-order chi connectivity index (χ1) is 9.16. The molecule has 0 saturated heterocycles. The van der Waals surface area contributed by atoms with E-state index in [4.69, 9.17) is 4.74 Å². The van der Waals surface area contributed by atoms with Crippen molar-refractivity contribution in [3.8, 4) is 0 Å². The minimum Gasteiger partial charge on any atom is -0.468 e. The van der Waals surface area contributed by atoms with Gasteiger partial charge >= 0.3 is 5.97 Å². The SMILES string of the molecule is COC(=O)C(Cc1ccc(C(C)(C)C)c(C)c1)N(C)C. The molecule has 0 amide bonds. The fourth-order valence-corrected chi connectivity index (χ4v) is 2.53. The van der Waals surface area contributed by atoms with Gasteiger partial charge in [-0.2, -0.15) is 0 Å². The second kappa shape index (κ2) is 6.40. The van der Waals surface area contributed by atoms with Crippen LogP contribution < -0.4 is 0 Å². The van der Waals surface area contributed by atoms with Crippen LogP contribution in [0.15, 0.2) is 18.2 Å². The molecule has 0 aromatic heterocycles. The summed E-state index contributed by atoms with van der Waals surface area (Å²) >= 11 is 0. The van der Waals surface area contributed by atoms with Crippen molar-refractivity contribution >= 4 is 5.97 Å². The topological polar surface area (TPSA) is 29.5 Å². The molecule has 0 bridgehead atoms. The number of aryl methyl sites for hydroxylation is 1. The van der Waals surface area contributed by atoms with Gasteiger partial charge in [-0.25, -0.2) is 0 Å². The van der Waals surface area contributed by atoms with E-state index in [1.54, 1.807) is 0 Å². The lowest BCUT2D eigenvalue weighted by Crippen LogP contribution is -2.38. The highest BCUT2D eigenvalue weighted by molar-refractivity contribution is 5.76. The number of methoxy groups -OCH3 is 1. The second-order valence-corrected chi connectivity index (χ2v) is 6.61. The molecule has 1 aromatic rings. The van der Waals surface area contributed by atoms with Crippen LogP contribution in [-0.2, 0) is 21.4 Å². The third-order valence-corrected chi connectivity index (χ3v) is 3.62. The lowest BCUT2D eigenvalue weighted by Gasteiger charge is -2.24. The maximum absolute atomic E-state index is 11.8. The summed E-state index contributed by atoms with van der Waals surface area (Å²) in [5, 5.41) is 0. The van der Waals surface area contributed by atoms with E-state index in [9.17, 15) is 4.79 Å². The molecular formula is C17H27NO2. The fraction of sp³-hybridized carbons (Fsp3) is 0.588. The lowest BCUT2D eigenvalue weighted by atomic mass is 9.83. The first-order valence-electron chi connectivity index (χ1n) is 7.01. The van der Waals surface area contributed by atoms with Crippen LogP contribution in [0.1, 0.15) is 37.5 Å². The highest BCUT2D eigenvalue weighted by Gasteiger charge is 2.23. The summed E-state index contributed by atoms with van der Waals surface area (Å²) in [6.07, 6.45) is 0.672. The highest BCUT2D eigenvalue weighted by atomic mass is 16.5. The zero-order chi connectivity index (χ0) is 15.5. The van der Waals surface area contributed by atoms with Crippen LogP contribution in [0.3, 0.4) is 0 Å². The minimum atomic E-state index is -0.236. The third-order valence-electron chi connectivity index (χ3n) is 3.62. The second-order valence-electron chi connectivity index (χ2n) is 6.61. The maximum Gasteiger partial charge on any atom is 0.323 e. The molecule has 0 heterocycles. The van der Waals surface area contributed by atoms with Crippen molar-refractivity contribution in [1.82, 2.24) is 4.90 Å². The molecular weight excluding hydrogens is 250 g/mol. The number of esters is 1. The molecule has 0 spiro atoms. The standard InChI is InChI=1S/C17H27NO2/c1-12-10-13(8-9-14(12)17(2,3)4)11-15(18(5)6)16(19)20-7/h8-10,15H,11H2,1-7H3. The molecule has 0 saturated carbocycles.